The van der Waals surface area contributed by atoms with Gasteiger partial charge in [-0.3, -0.25) is 0 Å². The highest BCUT2D eigenvalue weighted by Crippen LogP contribution is 2.38. The zero-order chi connectivity index (χ0) is 18.3. The number of hydrogen-bond donors (Lipinski definition) is 0. The van der Waals surface area contributed by atoms with Crippen LogP contribution in [0, 0.1) is 18.7 Å². The fraction of sp³-hybridized carbons (Fsp3) is 0.556. The number of aryl methyl sites for hydroxylation is 1. The summed E-state index contributed by atoms with van der Waals surface area (Å²) in [6, 6.07) is 3.80. The van der Waals surface area contributed by atoms with Crippen molar-refractivity contribution in [1.82, 2.24) is 14.4 Å². The molecule has 140 valence electrons. The highest BCUT2D eigenvalue weighted by Gasteiger charge is 2.33. The maximum atomic E-state index is 13.3. The maximum Gasteiger partial charge on any atom is 0.243 e. The van der Waals surface area contributed by atoms with Gasteiger partial charge in [0.2, 0.25) is 15.9 Å². The predicted octanol–water partition coefficient (Wildman–Crippen LogP) is 3.04. The van der Waals surface area contributed by atoms with Crippen LogP contribution in [0.3, 0.4) is 0 Å². The van der Waals surface area contributed by atoms with Crippen molar-refractivity contribution in [3.8, 4) is 0 Å². The normalized spacial score (nSPS) is 21.8. The lowest BCUT2D eigenvalue weighted by Crippen LogP contribution is -2.40. The Morgan fingerprint density at radius 1 is 1.31 bits per heavy atom. The van der Waals surface area contributed by atoms with Gasteiger partial charge in [-0.1, -0.05) is 5.16 Å². The van der Waals surface area contributed by atoms with E-state index in [2.05, 4.69) is 10.1 Å². The highest BCUT2D eigenvalue weighted by molar-refractivity contribution is 7.89. The van der Waals surface area contributed by atoms with E-state index in [1.165, 1.54) is 22.5 Å². The number of aromatic nitrogens is 2. The van der Waals surface area contributed by atoms with E-state index < -0.39 is 15.8 Å². The number of halogens is 1. The van der Waals surface area contributed by atoms with E-state index in [4.69, 9.17) is 4.52 Å². The van der Waals surface area contributed by atoms with Crippen LogP contribution in [0.2, 0.25) is 0 Å². The summed E-state index contributed by atoms with van der Waals surface area (Å²) >= 11 is 0. The standard InChI is InChI=1S/C18H22FN3O3S/c1-12-9-15(19)6-7-16(12)26(23,24)22-8-2-3-13(11-22)10-17-20-18(21-25-17)14-4-5-14/h6-7,9,13-14H,2-5,8,10-11H2,1H3. The molecule has 2 aliphatic rings. The van der Waals surface area contributed by atoms with Crippen molar-refractivity contribution in [2.45, 2.75) is 49.8 Å². The van der Waals surface area contributed by atoms with Gasteiger partial charge in [-0.25, -0.2) is 12.8 Å². The van der Waals surface area contributed by atoms with Crippen LogP contribution in [0.4, 0.5) is 4.39 Å². The number of benzene rings is 1. The average Bonchev–Trinajstić information content (AvgIpc) is 3.35. The third kappa shape index (κ3) is 3.53. The summed E-state index contributed by atoms with van der Waals surface area (Å²) in [5.41, 5.74) is 0.429. The number of hydrogen-bond acceptors (Lipinski definition) is 5. The summed E-state index contributed by atoms with van der Waals surface area (Å²) in [7, 11) is -3.63. The van der Waals surface area contributed by atoms with Gasteiger partial charge >= 0.3 is 0 Å². The summed E-state index contributed by atoms with van der Waals surface area (Å²) in [4.78, 5) is 4.62. The van der Waals surface area contributed by atoms with Crippen LogP contribution >= 0.6 is 0 Å². The van der Waals surface area contributed by atoms with Crippen LogP contribution in [0.15, 0.2) is 27.6 Å². The maximum absolute atomic E-state index is 13.3. The number of piperidine rings is 1. The first-order valence-corrected chi connectivity index (χ1v) is 10.5. The first-order chi connectivity index (χ1) is 12.4. The SMILES string of the molecule is Cc1cc(F)ccc1S(=O)(=O)N1CCCC(Cc2nc(C3CC3)no2)C1. The third-order valence-corrected chi connectivity index (χ3v) is 7.15. The second kappa shape index (κ2) is 6.74. The van der Waals surface area contributed by atoms with Gasteiger partial charge in [0.25, 0.3) is 0 Å². The molecule has 0 N–H and O–H groups in total. The van der Waals surface area contributed by atoms with Crippen molar-refractivity contribution in [3.63, 3.8) is 0 Å². The van der Waals surface area contributed by atoms with Crippen molar-refractivity contribution < 1.29 is 17.3 Å². The average molecular weight is 379 g/mol. The minimum atomic E-state index is -3.63. The molecule has 0 bridgehead atoms. The Kier molecular flexibility index (Phi) is 4.56. The van der Waals surface area contributed by atoms with Crippen LogP contribution in [-0.4, -0.2) is 36.0 Å². The third-order valence-electron chi connectivity index (χ3n) is 5.13. The second-order valence-electron chi connectivity index (χ2n) is 7.31. The Balaban J connectivity index is 1.48. The Morgan fingerprint density at radius 3 is 2.85 bits per heavy atom. The zero-order valence-electron chi connectivity index (χ0n) is 14.7. The van der Waals surface area contributed by atoms with Gasteiger partial charge in [0.1, 0.15) is 5.82 Å². The molecule has 2 aromatic rings. The molecule has 0 amide bonds. The van der Waals surface area contributed by atoms with Crippen LogP contribution in [0.1, 0.15) is 48.9 Å². The monoisotopic (exact) mass is 379 g/mol. The van der Waals surface area contributed by atoms with Crippen LogP contribution in [-0.2, 0) is 16.4 Å². The summed E-state index contributed by atoms with van der Waals surface area (Å²) in [6.45, 7) is 2.52. The van der Waals surface area contributed by atoms with Crippen molar-refractivity contribution in [1.29, 1.82) is 0 Å². The first kappa shape index (κ1) is 17.6. The van der Waals surface area contributed by atoms with Gasteiger partial charge in [0, 0.05) is 25.4 Å². The molecule has 4 rings (SSSR count). The molecule has 1 aliphatic carbocycles. The Hall–Kier alpha value is -1.80. The molecule has 1 saturated heterocycles. The fourth-order valence-electron chi connectivity index (χ4n) is 3.56. The molecule has 1 atom stereocenters. The van der Waals surface area contributed by atoms with E-state index in [0.29, 0.717) is 36.9 Å². The predicted molar refractivity (Wildman–Crippen MR) is 92.6 cm³/mol. The lowest BCUT2D eigenvalue weighted by Gasteiger charge is -2.31. The zero-order valence-corrected chi connectivity index (χ0v) is 15.5. The molecule has 0 radical (unpaired) electrons. The van der Waals surface area contributed by atoms with E-state index in [1.807, 2.05) is 0 Å². The molecule has 26 heavy (non-hydrogen) atoms. The highest BCUT2D eigenvalue weighted by atomic mass is 32.2. The molecular formula is C18H22FN3O3S. The Labute approximate surface area is 152 Å². The van der Waals surface area contributed by atoms with Crippen LogP contribution in [0.5, 0.6) is 0 Å². The van der Waals surface area contributed by atoms with Crippen LogP contribution < -0.4 is 0 Å². The van der Waals surface area contributed by atoms with E-state index in [-0.39, 0.29) is 10.8 Å². The Bertz CT molecular complexity index is 908. The van der Waals surface area contributed by atoms with Gasteiger partial charge in [0.05, 0.1) is 4.90 Å². The van der Waals surface area contributed by atoms with Gasteiger partial charge < -0.3 is 4.52 Å². The van der Waals surface area contributed by atoms with Crippen molar-refractivity contribution in [3.05, 3.63) is 41.3 Å². The van der Waals surface area contributed by atoms with Crippen molar-refractivity contribution in [2.24, 2.45) is 5.92 Å². The number of nitrogens with zero attached hydrogens (tertiary/aromatic N) is 3. The van der Waals surface area contributed by atoms with Crippen molar-refractivity contribution in [2.75, 3.05) is 13.1 Å². The smallest absolute Gasteiger partial charge is 0.243 e. The summed E-state index contributed by atoms with van der Waals surface area (Å²) in [5, 5.41) is 4.03. The van der Waals surface area contributed by atoms with Gasteiger partial charge in [0.15, 0.2) is 5.82 Å². The lowest BCUT2D eigenvalue weighted by molar-refractivity contribution is 0.246. The van der Waals surface area contributed by atoms with E-state index in [9.17, 15) is 12.8 Å². The molecule has 1 aromatic heterocycles. The Morgan fingerprint density at radius 2 is 2.12 bits per heavy atom. The topological polar surface area (TPSA) is 76.3 Å². The minimum Gasteiger partial charge on any atom is -0.339 e. The summed E-state index contributed by atoms with van der Waals surface area (Å²) in [6.07, 6.45) is 4.54. The largest absolute Gasteiger partial charge is 0.339 e. The van der Waals surface area contributed by atoms with Gasteiger partial charge in [-0.15, -0.1) is 0 Å². The fourth-order valence-corrected chi connectivity index (χ4v) is 5.32. The molecule has 2 heterocycles. The van der Waals surface area contributed by atoms with Crippen LogP contribution in [0.25, 0.3) is 0 Å². The van der Waals surface area contributed by atoms with E-state index >= 15 is 0 Å². The molecule has 0 spiro atoms. The van der Waals surface area contributed by atoms with E-state index in [1.54, 1.807) is 6.92 Å². The number of sulfonamides is 1. The number of rotatable bonds is 5. The van der Waals surface area contributed by atoms with Gasteiger partial charge in [-0.2, -0.15) is 9.29 Å². The second-order valence-corrected chi connectivity index (χ2v) is 9.21. The summed E-state index contributed by atoms with van der Waals surface area (Å²) in [5.74, 6) is 1.53. The van der Waals surface area contributed by atoms with Gasteiger partial charge in [-0.05, 0) is 62.3 Å². The summed E-state index contributed by atoms with van der Waals surface area (Å²) < 4.78 is 46.1. The molecule has 6 nitrogen and oxygen atoms in total. The molecule has 1 unspecified atom stereocenters. The van der Waals surface area contributed by atoms with Crippen molar-refractivity contribution >= 4 is 10.0 Å². The quantitative estimate of drug-likeness (QED) is 0.798. The lowest BCUT2D eigenvalue weighted by atomic mass is 9.96. The molecule has 2 fully saturated rings. The first-order valence-electron chi connectivity index (χ1n) is 9.02. The minimum absolute atomic E-state index is 0.145. The molecule has 1 saturated carbocycles. The van der Waals surface area contributed by atoms with E-state index in [0.717, 1.165) is 31.5 Å². The molecule has 1 aromatic carbocycles. The molecule has 8 heteroatoms. The molecule has 1 aliphatic heterocycles. The molecular weight excluding hydrogens is 357 g/mol.